The van der Waals surface area contributed by atoms with Crippen LogP contribution in [-0.4, -0.2) is 32.9 Å². The highest BCUT2D eigenvalue weighted by Gasteiger charge is 2.24. The SMILES string of the molecule is C#CCN(CC)S(=O)(=O)c1ccccc1CNC. The number of rotatable bonds is 6. The molecule has 0 bridgehead atoms. The predicted octanol–water partition coefficient (Wildman–Crippen LogP) is 1.05. The van der Waals surface area contributed by atoms with Crippen LogP contribution in [0, 0.1) is 12.3 Å². The summed E-state index contributed by atoms with van der Waals surface area (Å²) in [5.74, 6) is 2.38. The summed E-state index contributed by atoms with van der Waals surface area (Å²) in [5.41, 5.74) is 0.746. The molecule has 0 saturated heterocycles. The second-order valence-corrected chi connectivity index (χ2v) is 5.68. The Balaban J connectivity index is 3.23. The number of nitrogens with zero attached hydrogens (tertiary/aromatic N) is 1. The molecule has 0 fully saturated rings. The van der Waals surface area contributed by atoms with E-state index < -0.39 is 10.0 Å². The van der Waals surface area contributed by atoms with Gasteiger partial charge in [-0.1, -0.05) is 31.0 Å². The maximum absolute atomic E-state index is 12.5. The Hall–Kier alpha value is -1.35. The highest BCUT2D eigenvalue weighted by molar-refractivity contribution is 7.89. The van der Waals surface area contributed by atoms with E-state index >= 15 is 0 Å². The van der Waals surface area contributed by atoms with Crippen LogP contribution in [0.2, 0.25) is 0 Å². The largest absolute Gasteiger partial charge is 0.316 e. The number of hydrogen-bond donors (Lipinski definition) is 1. The van der Waals surface area contributed by atoms with E-state index in [4.69, 9.17) is 6.42 Å². The van der Waals surface area contributed by atoms with E-state index in [0.29, 0.717) is 18.0 Å². The summed E-state index contributed by atoms with van der Waals surface area (Å²) in [6, 6.07) is 6.95. The first kappa shape index (κ1) is 14.7. The van der Waals surface area contributed by atoms with Gasteiger partial charge in [0.2, 0.25) is 10.0 Å². The molecule has 0 spiro atoms. The molecule has 5 heteroatoms. The van der Waals surface area contributed by atoms with Gasteiger partial charge in [-0.15, -0.1) is 6.42 Å². The van der Waals surface area contributed by atoms with Gasteiger partial charge in [0, 0.05) is 13.1 Å². The van der Waals surface area contributed by atoms with Crippen LogP contribution in [0.3, 0.4) is 0 Å². The number of sulfonamides is 1. The molecule has 0 radical (unpaired) electrons. The molecule has 0 aromatic heterocycles. The van der Waals surface area contributed by atoms with Crippen molar-refractivity contribution >= 4 is 10.0 Å². The summed E-state index contributed by atoms with van der Waals surface area (Å²) < 4.78 is 26.2. The van der Waals surface area contributed by atoms with Crippen molar-refractivity contribution in [3.63, 3.8) is 0 Å². The van der Waals surface area contributed by atoms with Crippen molar-refractivity contribution in [3.05, 3.63) is 29.8 Å². The predicted molar refractivity (Wildman–Crippen MR) is 72.5 cm³/mol. The first-order valence-corrected chi connectivity index (χ1v) is 7.18. The first-order chi connectivity index (χ1) is 8.57. The van der Waals surface area contributed by atoms with E-state index in [0.717, 1.165) is 5.56 Å². The molecule has 0 unspecified atom stereocenters. The Morgan fingerprint density at radius 1 is 1.39 bits per heavy atom. The molecule has 0 aliphatic carbocycles. The second kappa shape index (κ2) is 6.55. The van der Waals surface area contributed by atoms with Gasteiger partial charge >= 0.3 is 0 Å². The number of nitrogens with one attached hydrogen (secondary N) is 1. The van der Waals surface area contributed by atoms with E-state index in [1.807, 2.05) is 6.07 Å². The van der Waals surface area contributed by atoms with Gasteiger partial charge in [0.15, 0.2) is 0 Å². The summed E-state index contributed by atoms with van der Waals surface area (Å²) >= 11 is 0. The van der Waals surface area contributed by atoms with Gasteiger partial charge in [-0.3, -0.25) is 0 Å². The summed E-state index contributed by atoms with van der Waals surface area (Å²) in [7, 11) is -1.74. The number of benzene rings is 1. The minimum atomic E-state index is -3.52. The summed E-state index contributed by atoms with van der Waals surface area (Å²) in [6.07, 6.45) is 5.21. The molecule has 4 nitrogen and oxygen atoms in total. The van der Waals surface area contributed by atoms with Crippen LogP contribution in [0.15, 0.2) is 29.2 Å². The normalized spacial score (nSPS) is 11.4. The summed E-state index contributed by atoms with van der Waals surface area (Å²) in [6.45, 7) is 2.73. The molecule has 0 atom stereocenters. The molecule has 1 aromatic carbocycles. The maximum atomic E-state index is 12.5. The molecule has 0 aliphatic heterocycles. The maximum Gasteiger partial charge on any atom is 0.244 e. The quantitative estimate of drug-likeness (QED) is 0.783. The topological polar surface area (TPSA) is 49.4 Å². The van der Waals surface area contributed by atoms with Crippen LogP contribution >= 0.6 is 0 Å². The number of hydrogen-bond acceptors (Lipinski definition) is 3. The lowest BCUT2D eigenvalue weighted by atomic mass is 10.2. The van der Waals surface area contributed by atoms with Crippen LogP contribution in [0.4, 0.5) is 0 Å². The molecule has 18 heavy (non-hydrogen) atoms. The fourth-order valence-electron chi connectivity index (χ4n) is 1.70. The van der Waals surface area contributed by atoms with Crippen molar-refractivity contribution in [3.8, 4) is 12.3 Å². The Morgan fingerprint density at radius 2 is 2.06 bits per heavy atom. The van der Waals surface area contributed by atoms with Crippen molar-refractivity contribution in [1.29, 1.82) is 0 Å². The van der Waals surface area contributed by atoms with Gasteiger partial charge in [-0.2, -0.15) is 4.31 Å². The molecule has 0 saturated carbocycles. The smallest absolute Gasteiger partial charge is 0.244 e. The zero-order valence-corrected chi connectivity index (χ0v) is 11.5. The van der Waals surface area contributed by atoms with Gasteiger partial charge in [-0.05, 0) is 18.7 Å². The monoisotopic (exact) mass is 266 g/mol. The van der Waals surface area contributed by atoms with E-state index in [2.05, 4.69) is 11.2 Å². The third kappa shape index (κ3) is 3.10. The zero-order valence-electron chi connectivity index (χ0n) is 10.7. The second-order valence-electron chi connectivity index (χ2n) is 3.77. The average Bonchev–Trinajstić information content (AvgIpc) is 2.36. The Bertz CT molecular complexity index is 532. The van der Waals surface area contributed by atoms with Gasteiger partial charge in [0.25, 0.3) is 0 Å². The van der Waals surface area contributed by atoms with Gasteiger partial charge in [-0.25, -0.2) is 8.42 Å². The lowest BCUT2D eigenvalue weighted by Crippen LogP contribution is -2.32. The fourth-order valence-corrected chi connectivity index (χ4v) is 3.28. The highest BCUT2D eigenvalue weighted by Crippen LogP contribution is 2.19. The molecule has 0 aliphatic rings. The third-order valence-electron chi connectivity index (χ3n) is 2.58. The fraction of sp³-hybridized carbons (Fsp3) is 0.385. The lowest BCUT2D eigenvalue weighted by molar-refractivity contribution is 0.463. The summed E-state index contributed by atoms with van der Waals surface area (Å²) in [4.78, 5) is 0.316. The van der Waals surface area contributed by atoms with E-state index in [1.54, 1.807) is 32.2 Å². The lowest BCUT2D eigenvalue weighted by Gasteiger charge is -2.19. The van der Waals surface area contributed by atoms with Crippen LogP contribution < -0.4 is 5.32 Å². The molecule has 1 rings (SSSR count). The molecule has 0 heterocycles. The van der Waals surface area contributed by atoms with Gasteiger partial charge in [0.05, 0.1) is 11.4 Å². The Kier molecular flexibility index (Phi) is 5.35. The van der Waals surface area contributed by atoms with Crippen molar-refractivity contribution in [2.75, 3.05) is 20.1 Å². The molecule has 98 valence electrons. The minimum absolute atomic E-state index is 0.0900. The molecular weight excluding hydrogens is 248 g/mol. The third-order valence-corrected chi connectivity index (χ3v) is 4.60. The van der Waals surface area contributed by atoms with Crippen LogP contribution in [0.5, 0.6) is 0 Å². The number of terminal acetylenes is 1. The van der Waals surface area contributed by atoms with Gasteiger partial charge < -0.3 is 5.32 Å². The average molecular weight is 266 g/mol. The van der Waals surface area contributed by atoms with E-state index in [-0.39, 0.29) is 6.54 Å². The molecular formula is C13H18N2O2S. The van der Waals surface area contributed by atoms with Crippen LogP contribution in [0.25, 0.3) is 0 Å². The van der Waals surface area contributed by atoms with Crippen molar-refractivity contribution in [2.24, 2.45) is 0 Å². The minimum Gasteiger partial charge on any atom is -0.316 e. The standard InChI is InChI=1S/C13H18N2O2S/c1-4-10-15(5-2)18(16,17)13-9-7-6-8-12(13)11-14-3/h1,6-9,14H,5,10-11H2,2-3H3. The van der Waals surface area contributed by atoms with Crippen molar-refractivity contribution in [1.82, 2.24) is 9.62 Å². The van der Waals surface area contributed by atoms with Crippen molar-refractivity contribution < 1.29 is 8.42 Å². The molecule has 0 amide bonds. The first-order valence-electron chi connectivity index (χ1n) is 5.74. The van der Waals surface area contributed by atoms with Crippen LogP contribution in [-0.2, 0) is 16.6 Å². The van der Waals surface area contributed by atoms with E-state index in [9.17, 15) is 8.42 Å². The Morgan fingerprint density at radius 3 is 2.61 bits per heavy atom. The van der Waals surface area contributed by atoms with Gasteiger partial charge in [0.1, 0.15) is 0 Å². The molecule has 1 aromatic rings. The Labute approximate surface area is 109 Å². The molecule has 1 N–H and O–H groups in total. The van der Waals surface area contributed by atoms with Crippen LogP contribution in [0.1, 0.15) is 12.5 Å². The van der Waals surface area contributed by atoms with Crippen molar-refractivity contribution in [2.45, 2.75) is 18.4 Å². The highest BCUT2D eigenvalue weighted by atomic mass is 32.2. The zero-order chi connectivity index (χ0) is 13.6. The summed E-state index contributed by atoms with van der Waals surface area (Å²) in [5, 5.41) is 2.96. The van der Waals surface area contributed by atoms with E-state index in [1.165, 1.54) is 4.31 Å².